The molecule has 2 heterocycles. The van der Waals surface area contributed by atoms with E-state index in [0.29, 0.717) is 16.8 Å². The van der Waals surface area contributed by atoms with Crippen LogP contribution in [0.25, 0.3) is 10.9 Å². The number of pyridine rings is 1. The van der Waals surface area contributed by atoms with Crippen molar-refractivity contribution in [2.45, 2.75) is 11.3 Å². The lowest BCUT2D eigenvalue weighted by Crippen LogP contribution is -2.41. The Balaban J connectivity index is 1.60. The highest BCUT2D eigenvalue weighted by molar-refractivity contribution is 7.93. The minimum Gasteiger partial charge on any atom is -0.339 e. The fourth-order valence-electron chi connectivity index (χ4n) is 2.89. The van der Waals surface area contributed by atoms with Gasteiger partial charge in [0.05, 0.1) is 5.52 Å². The second-order valence-corrected chi connectivity index (χ2v) is 7.81. The van der Waals surface area contributed by atoms with Gasteiger partial charge in [-0.3, -0.25) is 14.5 Å². The summed E-state index contributed by atoms with van der Waals surface area (Å²) in [6, 6.07) is 15.1. The van der Waals surface area contributed by atoms with E-state index >= 15 is 0 Å². The molecule has 3 aromatic rings. The Morgan fingerprint density at radius 1 is 1.00 bits per heavy atom. The predicted octanol–water partition coefficient (Wildman–Crippen LogP) is 2.88. The first-order chi connectivity index (χ1) is 12.5. The molecule has 0 aliphatic carbocycles. The van der Waals surface area contributed by atoms with Gasteiger partial charge in [0.25, 0.3) is 15.9 Å². The van der Waals surface area contributed by atoms with Gasteiger partial charge in [-0.05, 0) is 42.8 Å². The number of likely N-dealkylation sites (tertiary alicyclic amines) is 1. The van der Waals surface area contributed by atoms with Crippen molar-refractivity contribution in [2.24, 2.45) is 0 Å². The molecule has 1 aliphatic rings. The number of amides is 1. The normalized spacial score (nSPS) is 14.1. The quantitative estimate of drug-likeness (QED) is 0.769. The fraction of sp³-hybridized carbons (Fsp3) is 0.158. The summed E-state index contributed by atoms with van der Waals surface area (Å²) in [5, 5.41) is 0.755. The van der Waals surface area contributed by atoms with Gasteiger partial charge < -0.3 is 4.90 Å². The van der Waals surface area contributed by atoms with Crippen LogP contribution in [0.5, 0.6) is 0 Å². The number of benzene rings is 2. The fourth-order valence-corrected chi connectivity index (χ4v) is 4.13. The Kier molecular flexibility index (Phi) is 4.08. The van der Waals surface area contributed by atoms with Crippen molar-refractivity contribution in [3.63, 3.8) is 0 Å². The zero-order valence-corrected chi connectivity index (χ0v) is 14.7. The minimum absolute atomic E-state index is 0.0242. The molecule has 1 fully saturated rings. The Morgan fingerprint density at radius 3 is 2.42 bits per heavy atom. The second kappa shape index (κ2) is 6.42. The molecule has 1 saturated heterocycles. The van der Waals surface area contributed by atoms with Crippen LogP contribution in [0, 0.1) is 0 Å². The smallest absolute Gasteiger partial charge is 0.264 e. The largest absolute Gasteiger partial charge is 0.339 e. The van der Waals surface area contributed by atoms with Gasteiger partial charge in [-0.25, -0.2) is 8.42 Å². The third-order valence-electron chi connectivity index (χ3n) is 4.41. The number of rotatable bonds is 4. The van der Waals surface area contributed by atoms with Gasteiger partial charge in [0.2, 0.25) is 0 Å². The lowest BCUT2D eigenvalue weighted by Gasteiger charge is -2.30. The maximum absolute atomic E-state index is 12.8. The minimum atomic E-state index is -3.79. The van der Waals surface area contributed by atoms with Gasteiger partial charge in [-0.15, -0.1) is 0 Å². The number of aromatic nitrogens is 1. The average molecular weight is 367 g/mol. The molecule has 1 aliphatic heterocycles. The molecule has 4 rings (SSSR count). The van der Waals surface area contributed by atoms with Crippen LogP contribution in [-0.2, 0) is 10.0 Å². The third kappa shape index (κ3) is 3.01. The van der Waals surface area contributed by atoms with Crippen molar-refractivity contribution >= 4 is 32.5 Å². The number of nitrogens with one attached hydrogen (secondary N) is 1. The molecule has 7 heteroatoms. The number of carbonyl (C=O) groups is 1. The van der Waals surface area contributed by atoms with E-state index < -0.39 is 10.0 Å². The molecule has 0 radical (unpaired) electrons. The Morgan fingerprint density at radius 2 is 1.73 bits per heavy atom. The Bertz CT molecular complexity index is 1070. The van der Waals surface area contributed by atoms with Crippen LogP contribution >= 0.6 is 0 Å². The van der Waals surface area contributed by atoms with Gasteiger partial charge in [0, 0.05) is 35.9 Å². The molecule has 0 spiro atoms. The van der Waals surface area contributed by atoms with Gasteiger partial charge in [0.15, 0.2) is 0 Å². The highest BCUT2D eigenvalue weighted by Crippen LogP contribution is 2.23. The number of fused-ring (bicyclic) bond motifs is 1. The van der Waals surface area contributed by atoms with E-state index in [-0.39, 0.29) is 10.8 Å². The first kappa shape index (κ1) is 16.5. The number of sulfonamides is 1. The molecule has 2 aromatic carbocycles. The maximum Gasteiger partial charge on any atom is 0.264 e. The number of hydrogen-bond acceptors (Lipinski definition) is 4. The molecular formula is C19H17N3O3S. The predicted molar refractivity (Wildman–Crippen MR) is 99.5 cm³/mol. The van der Waals surface area contributed by atoms with Crippen LogP contribution in [0.1, 0.15) is 16.8 Å². The molecule has 0 bridgehead atoms. The van der Waals surface area contributed by atoms with Crippen molar-refractivity contribution in [1.29, 1.82) is 0 Å². The summed E-state index contributed by atoms with van der Waals surface area (Å²) >= 11 is 0. The maximum atomic E-state index is 12.8. The number of anilines is 1. The van der Waals surface area contributed by atoms with Crippen molar-refractivity contribution in [3.05, 3.63) is 66.4 Å². The Hall–Kier alpha value is -2.93. The summed E-state index contributed by atoms with van der Waals surface area (Å²) in [6.07, 6.45) is 2.60. The van der Waals surface area contributed by atoms with E-state index in [9.17, 15) is 13.2 Å². The number of nitrogens with zero attached hydrogens (tertiary/aromatic N) is 2. The average Bonchev–Trinajstić information content (AvgIpc) is 2.60. The van der Waals surface area contributed by atoms with Crippen molar-refractivity contribution in [2.75, 3.05) is 17.8 Å². The first-order valence-corrected chi connectivity index (χ1v) is 9.79. The van der Waals surface area contributed by atoms with Gasteiger partial charge in [0.1, 0.15) is 4.90 Å². The van der Waals surface area contributed by atoms with Gasteiger partial charge in [-0.2, -0.15) is 0 Å². The van der Waals surface area contributed by atoms with E-state index in [0.717, 1.165) is 24.9 Å². The van der Waals surface area contributed by atoms with Crippen LogP contribution in [0.4, 0.5) is 5.69 Å². The van der Waals surface area contributed by atoms with E-state index in [1.54, 1.807) is 47.5 Å². The van der Waals surface area contributed by atoms with Crippen LogP contribution in [0.3, 0.4) is 0 Å². The first-order valence-electron chi connectivity index (χ1n) is 8.30. The molecule has 1 aromatic heterocycles. The molecular weight excluding hydrogens is 350 g/mol. The monoisotopic (exact) mass is 367 g/mol. The van der Waals surface area contributed by atoms with E-state index in [4.69, 9.17) is 0 Å². The topological polar surface area (TPSA) is 79.4 Å². The molecule has 6 nitrogen and oxygen atoms in total. The highest BCUT2D eigenvalue weighted by atomic mass is 32.2. The number of carbonyl (C=O) groups excluding carboxylic acids is 1. The summed E-state index contributed by atoms with van der Waals surface area (Å²) in [6.45, 7) is 1.56. The van der Waals surface area contributed by atoms with Crippen LogP contribution in [-0.4, -0.2) is 37.3 Å². The van der Waals surface area contributed by atoms with Crippen molar-refractivity contribution in [3.8, 4) is 0 Å². The SMILES string of the molecule is O=C(c1ccc(NS(=O)(=O)c2cccc3cccnc23)cc1)N1CCC1. The van der Waals surface area contributed by atoms with Crippen LogP contribution < -0.4 is 4.72 Å². The van der Waals surface area contributed by atoms with E-state index in [1.165, 1.54) is 6.07 Å². The number of hydrogen-bond donors (Lipinski definition) is 1. The Labute approximate surface area is 151 Å². The molecule has 0 unspecified atom stereocenters. The van der Waals surface area contributed by atoms with Gasteiger partial charge >= 0.3 is 0 Å². The second-order valence-electron chi connectivity index (χ2n) is 6.16. The highest BCUT2D eigenvalue weighted by Gasteiger charge is 2.22. The molecule has 0 atom stereocenters. The van der Waals surface area contributed by atoms with E-state index in [2.05, 4.69) is 9.71 Å². The zero-order chi connectivity index (χ0) is 18.1. The van der Waals surface area contributed by atoms with Crippen molar-refractivity contribution in [1.82, 2.24) is 9.88 Å². The summed E-state index contributed by atoms with van der Waals surface area (Å²) in [4.78, 5) is 18.2. The lowest BCUT2D eigenvalue weighted by atomic mass is 10.1. The molecule has 132 valence electrons. The number of para-hydroxylation sites is 1. The standard InChI is InChI=1S/C19H17N3O3S/c23-19(22-12-3-13-22)15-7-9-16(10-8-15)21-26(24,25)17-6-1-4-14-5-2-11-20-18(14)17/h1-2,4-11,21H,3,12-13H2. The van der Waals surface area contributed by atoms with Crippen LogP contribution in [0.15, 0.2) is 65.7 Å². The van der Waals surface area contributed by atoms with Crippen LogP contribution in [0.2, 0.25) is 0 Å². The summed E-state index contributed by atoms with van der Waals surface area (Å²) < 4.78 is 28.1. The van der Waals surface area contributed by atoms with Crippen molar-refractivity contribution < 1.29 is 13.2 Å². The van der Waals surface area contributed by atoms with Gasteiger partial charge in [-0.1, -0.05) is 18.2 Å². The summed E-state index contributed by atoms with van der Waals surface area (Å²) in [7, 11) is -3.79. The molecule has 1 amide bonds. The zero-order valence-electron chi connectivity index (χ0n) is 13.9. The molecule has 0 saturated carbocycles. The lowest BCUT2D eigenvalue weighted by molar-refractivity contribution is 0.0652. The van der Waals surface area contributed by atoms with E-state index in [1.807, 2.05) is 12.1 Å². The summed E-state index contributed by atoms with van der Waals surface area (Å²) in [5.74, 6) is -0.0242. The molecule has 1 N–H and O–H groups in total. The summed E-state index contributed by atoms with van der Waals surface area (Å²) in [5.41, 5.74) is 1.38. The molecule has 26 heavy (non-hydrogen) atoms. The third-order valence-corrected chi connectivity index (χ3v) is 5.83.